The predicted octanol–water partition coefficient (Wildman–Crippen LogP) is 0.374. The molecule has 0 aromatic carbocycles. The normalized spacial score (nSPS) is 12.4. The van der Waals surface area contributed by atoms with Crippen LogP contribution in [-0.2, 0) is 13.6 Å². The van der Waals surface area contributed by atoms with Crippen LogP contribution in [-0.4, -0.2) is 38.3 Å². The van der Waals surface area contributed by atoms with Gasteiger partial charge in [-0.2, -0.15) is 5.10 Å². The molecule has 0 saturated heterocycles. The van der Waals surface area contributed by atoms with Crippen molar-refractivity contribution >= 4 is 0 Å². The SMILES string of the molecule is CCN(Cc1ncnn1C)C(C)(C)CN. The second kappa shape index (κ2) is 4.72. The maximum absolute atomic E-state index is 5.77. The largest absolute Gasteiger partial charge is 0.329 e. The maximum Gasteiger partial charge on any atom is 0.140 e. The third kappa shape index (κ3) is 2.76. The Bertz CT molecular complexity index is 305. The Balaban J connectivity index is 2.74. The Morgan fingerprint density at radius 3 is 2.60 bits per heavy atom. The minimum Gasteiger partial charge on any atom is -0.329 e. The third-order valence-electron chi connectivity index (χ3n) is 2.87. The van der Waals surface area contributed by atoms with Crippen LogP contribution in [0.4, 0.5) is 0 Å². The molecule has 1 aromatic rings. The summed E-state index contributed by atoms with van der Waals surface area (Å²) in [5.74, 6) is 0.971. The van der Waals surface area contributed by atoms with Crippen molar-refractivity contribution < 1.29 is 0 Å². The summed E-state index contributed by atoms with van der Waals surface area (Å²) in [4.78, 5) is 6.52. The van der Waals surface area contributed by atoms with Gasteiger partial charge in [-0.25, -0.2) is 4.98 Å². The molecule has 0 atom stereocenters. The van der Waals surface area contributed by atoms with Crippen LogP contribution in [0.15, 0.2) is 6.33 Å². The number of hydrogen-bond acceptors (Lipinski definition) is 4. The lowest BCUT2D eigenvalue weighted by Crippen LogP contribution is -2.49. The van der Waals surface area contributed by atoms with Crippen molar-refractivity contribution in [3.63, 3.8) is 0 Å². The van der Waals surface area contributed by atoms with E-state index in [1.54, 1.807) is 11.0 Å². The maximum atomic E-state index is 5.77. The average molecular weight is 211 g/mol. The fourth-order valence-electron chi connectivity index (χ4n) is 1.52. The van der Waals surface area contributed by atoms with E-state index in [9.17, 15) is 0 Å². The quantitative estimate of drug-likeness (QED) is 0.764. The van der Waals surface area contributed by atoms with E-state index in [0.29, 0.717) is 6.54 Å². The van der Waals surface area contributed by atoms with E-state index in [0.717, 1.165) is 18.9 Å². The van der Waals surface area contributed by atoms with Crippen molar-refractivity contribution in [1.82, 2.24) is 19.7 Å². The molecule has 0 fully saturated rings. The summed E-state index contributed by atoms with van der Waals surface area (Å²) in [7, 11) is 1.91. The highest BCUT2D eigenvalue weighted by atomic mass is 15.3. The molecule has 0 bridgehead atoms. The van der Waals surface area contributed by atoms with Gasteiger partial charge in [0.15, 0.2) is 0 Å². The van der Waals surface area contributed by atoms with Crippen molar-refractivity contribution in [3.8, 4) is 0 Å². The fourth-order valence-corrected chi connectivity index (χ4v) is 1.52. The Labute approximate surface area is 91.3 Å². The second-order valence-corrected chi connectivity index (χ2v) is 4.33. The van der Waals surface area contributed by atoms with Crippen LogP contribution in [0.5, 0.6) is 0 Å². The number of nitrogens with two attached hydrogens (primary N) is 1. The highest BCUT2D eigenvalue weighted by Gasteiger charge is 2.24. The van der Waals surface area contributed by atoms with Gasteiger partial charge in [0, 0.05) is 19.1 Å². The zero-order valence-corrected chi connectivity index (χ0v) is 10.1. The average Bonchev–Trinajstić information content (AvgIpc) is 2.60. The highest BCUT2D eigenvalue weighted by Crippen LogP contribution is 2.14. The molecule has 0 aliphatic rings. The predicted molar refractivity (Wildman–Crippen MR) is 60.2 cm³/mol. The van der Waals surface area contributed by atoms with Gasteiger partial charge in [0.25, 0.3) is 0 Å². The molecule has 15 heavy (non-hydrogen) atoms. The number of hydrogen-bond donors (Lipinski definition) is 1. The van der Waals surface area contributed by atoms with Crippen LogP contribution in [0, 0.1) is 0 Å². The molecule has 5 heteroatoms. The van der Waals surface area contributed by atoms with Gasteiger partial charge in [-0.15, -0.1) is 0 Å². The smallest absolute Gasteiger partial charge is 0.140 e. The van der Waals surface area contributed by atoms with Gasteiger partial charge in [-0.1, -0.05) is 6.92 Å². The number of likely N-dealkylation sites (N-methyl/N-ethyl adjacent to an activating group) is 1. The van der Waals surface area contributed by atoms with Gasteiger partial charge >= 0.3 is 0 Å². The molecule has 1 heterocycles. The lowest BCUT2D eigenvalue weighted by atomic mass is 10.0. The van der Waals surface area contributed by atoms with E-state index in [1.165, 1.54) is 0 Å². The minimum absolute atomic E-state index is 0.000694. The van der Waals surface area contributed by atoms with Crippen molar-refractivity contribution in [2.75, 3.05) is 13.1 Å². The van der Waals surface area contributed by atoms with E-state index >= 15 is 0 Å². The van der Waals surface area contributed by atoms with Crippen LogP contribution in [0.2, 0.25) is 0 Å². The molecule has 0 aliphatic heterocycles. The van der Waals surface area contributed by atoms with Crippen molar-refractivity contribution in [3.05, 3.63) is 12.2 Å². The van der Waals surface area contributed by atoms with E-state index in [2.05, 4.69) is 35.8 Å². The minimum atomic E-state index is 0.000694. The first-order valence-corrected chi connectivity index (χ1v) is 5.29. The molecular weight excluding hydrogens is 190 g/mol. The third-order valence-corrected chi connectivity index (χ3v) is 2.87. The van der Waals surface area contributed by atoms with E-state index in [-0.39, 0.29) is 5.54 Å². The molecule has 0 unspecified atom stereocenters. The van der Waals surface area contributed by atoms with Crippen LogP contribution < -0.4 is 5.73 Å². The zero-order chi connectivity index (χ0) is 11.5. The molecular formula is C10H21N5. The van der Waals surface area contributed by atoms with Gasteiger partial charge < -0.3 is 5.73 Å². The lowest BCUT2D eigenvalue weighted by molar-refractivity contribution is 0.121. The number of rotatable bonds is 5. The van der Waals surface area contributed by atoms with E-state index < -0.39 is 0 Å². The molecule has 0 radical (unpaired) electrons. The summed E-state index contributed by atoms with van der Waals surface area (Å²) in [6.07, 6.45) is 1.58. The first-order chi connectivity index (χ1) is 7.01. The standard InChI is InChI=1S/C10H21N5/c1-5-15(10(2,3)7-11)6-9-12-8-13-14(9)4/h8H,5-7,11H2,1-4H3. The number of nitrogens with zero attached hydrogens (tertiary/aromatic N) is 4. The molecule has 1 aromatic heterocycles. The van der Waals surface area contributed by atoms with Crippen molar-refractivity contribution in [1.29, 1.82) is 0 Å². The summed E-state index contributed by atoms with van der Waals surface area (Å²) in [5, 5.41) is 4.06. The number of aromatic nitrogens is 3. The van der Waals surface area contributed by atoms with Gasteiger partial charge in [0.2, 0.25) is 0 Å². The van der Waals surface area contributed by atoms with Crippen LogP contribution in [0.1, 0.15) is 26.6 Å². The molecule has 0 saturated carbocycles. The first-order valence-electron chi connectivity index (χ1n) is 5.29. The summed E-state index contributed by atoms with van der Waals surface area (Å²) in [6.45, 7) is 8.81. The summed E-state index contributed by atoms with van der Waals surface area (Å²) in [5.41, 5.74) is 5.77. The molecule has 0 spiro atoms. The summed E-state index contributed by atoms with van der Waals surface area (Å²) >= 11 is 0. The van der Waals surface area contributed by atoms with Crippen LogP contribution in [0.3, 0.4) is 0 Å². The lowest BCUT2D eigenvalue weighted by Gasteiger charge is -2.36. The molecule has 1 rings (SSSR count). The Morgan fingerprint density at radius 1 is 1.53 bits per heavy atom. The van der Waals surface area contributed by atoms with Gasteiger partial charge in [0.05, 0.1) is 6.54 Å². The van der Waals surface area contributed by atoms with Crippen LogP contribution >= 0.6 is 0 Å². The van der Waals surface area contributed by atoms with Gasteiger partial charge in [0.1, 0.15) is 12.2 Å². The Hall–Kier alpha value is -0.940. The zero-order valence-electron chi connectivity index (χ0n) is 10.1. The molecule has 0 aliphatic carbocycles. The summed E-state index contributed by atoms with van der Waals surface area (Å²) < 4.78 is 1.80. The fraction of sp³-hybridized carbons (Fsp3) is 0.800. The topological polar surface area (TPSA) is 60.0 Å². The molecule has 86 valence electrons. The van der Waals surface area contributed by atoms with Gasteiger partial charge in [-0.05, 0) is 20.4 Å². The molecule has 5 nitrogen and oxygen atoms in total. The van der Waals surface area contributed by atoms with Crippen molar-refractivity contribution in [2.45, 2.75) is 32.9 Å². The van der Waals surface area contributed by atoms with E-state index in [4.69, 9.17) is 5.73 Å². The number of aryl methyl sites for hydroxylation is 1. The van der Waals surface area contributed by atoms with Crippen LogP contribution in [0.25, 0.3) is 0 Å². The van der Waals surface area contributed by atoms with Gasteiger partial charge in [-0.3, -0.25) is 9.58 Å². The molecule has 2 N–H and O–H groups in total. The van der Waals surface area contributed by atoms with Crippen molar-refractivity contribution in [2.24, 2.45) is 12.8 Å². The Morgan fingerprint density at radius 2 is 2.20 bits per heavy atom. The highest BCUT2D eigenvalue weighted by molar-refractivity contribution is 4.89. The first kappa shape index (κ1) is 12.1. The second-order valence-electron chi connectivity index (χ2n) is 4.33. The summed E-state index contributed by atoms with van der Waals surface area (Å²) in [6, 6.07) is 0. The van der Waals surface area contributed by atoms with E-state index in [1.807, 2.05) is 7.05 Å². The molecule has 0 amide bonds. The monoisotopic (exact) mass is 211 g/mol. The Kier molecular flexibility index (Phi) is 3.82.